The lowest BCUT2D eigenvalue weighted by atomic mass is 10.1. The Kier molecular flexibility index (Phi) is 5.54. The third-order valence-electron chi connectivity index (χ3n) is 5.21. The van der Waals surface area contributed by atoms with Crippen molar-refractivity contribution in [2.75, 3.05) is 0 Å². The summed E-state index contributed by atoms with van der Waals surface area (Å²) >= 11 is 0. The van der Waals surface area contributed by atoms with Gasteiger partial charge in [-0.25, -0.2) is 0 Å². The van der Waals surface area contributed by atoms with Gasteiger partial charge in [0.15, 0.2) is 0 Å². The molecule has 3 heteroatoms. The summed E-state index contributed by atoms with van der Waals surface area (Å²) in [6.45, 7) is 8.76. The van der Waals surface area contributed by atoms with Gasteiger partial charge in [0.1, 0.15) is 5.75 Å². The average Bonchev–Trinajstić information content (AvgIpc) is 2.66. The average molecular weight is 377 g/mol. The van der Waals surface area contributed by atoms with Gasteiger partial charge in [-0.2, -0.15) is 0 Å². The SMILES string of the molecule is Cc1cccc(O[Si](c2ccccc2)(c2ccccc2)C(C)(C)C)c1CO. The number of aliphatic hydroxyl groups is 1. The van der Waals surface area contributed by atoms with E-state index in [2.05, 4.69) is 69.3 Å². The normalized spacial score (nSPS) is 12.0. The van der Waals surface area contributed by atoms with E-state index in [9.17, 15) is 5.11 Å². The van der Waals surface area contributed by atoms with Gasteiger partial charge < -0.3 is 9.53 Å². The molecule has 0 spiro atoms. The maximum Gasteiger partial charge on any atom is 0.319 e. The molecule has 0 heterocycles. The van der Waals surface area contributed by atoms with Gasteiger partial charge in [0, 0.05) is 5.56 Å². The van der Waals surface area contributed by atoms with E-state index in [0.29, 0.717) is 0 Å². The van der Waals surface area contributed by atoms with Gasteiger partial charge in [0.25, 0.3) is 0 Å². The number of aliphatic hydroxyl groups excluding tert-OH is 1. The number of benzene rings is 3. The van der Waals surface area contributed by atoms with Gasteiger partial charge in [-0.3, -0.25) is 0 Å². The van der Waals surface area contributed by atoms with E-state index in [1.807, 2.05) is 37.3 Å². The predicted molar refractivity (Wildman–Crippen MR) is 115 cm³/mol. The molecular formula is C24H28O2Si. The topological polar surface area (TPSA) is 29.5 Å². The molecule has 0 aliphatic carbocycles. The molecule has 27 heavy (non-hydrogen) atoms. The molecule has 0 radical (unpaired) electrons. The van der Waals surface area contributed by atoms with Gasteiger partial charge >= 0.3 is 8.32 Å². The molecule has 0 unspecified atom stereocenters. The quantitative estimate of drug-likeness (QED) is 0.668. The molecule has 0 aromatic heterocycles. The zero-order chi connectivity index (χ0) is 19.5. The summed E-state index contributed by atoms with van der Waals surface area (Å²) in [6, 6.07) is 27.1. The third-order valence-corrected chi connectivity index (χ3v) is 10.1. The van der Waals surface area contributed by atoms with Gasteiger partial charge in [0.05, 0.1) is 6.61 Å². The van der Waals surface area contributed by atoms with Gasteiger partial charge in [-0.15, -0.1) is 0 Å². The minimum absolute atomic E-state index is 0.0276. The van der Waals surface area contributed by atoms with E-state index in [4.69, 9.17) is 4.43 Å². The van der Waals surface area contributed by atoms with E-state index in [1.165, 1.54) is 10.4 Å². The summed E-state index contributed by atoms with van der Waals surface area (Å²) in [5, 5.41) is 12.3. The molecule has 2 nitrogen and oxygen atoms in total. The van der Waals surface area contributed by atoms with Crippen LogP contribution in [0.3, 0.4) is 0 Å². The Morgan fingerprint density at radius 3 is 1.74 bits per heavy atom. The standard InChI is InChI=1S/C24H28O2Si/c1-19-12-11-17-23(22(19)18-25)26-27(24(2,3)4,20-13-7-5-8-14-20)21-15-9-6-10-16-21/h5-17,25H,18H2,1-4H3. The minimum Gasteiger partial charge on any atom is -0.534 e. The van der Waals surface area contributed by atoms with Crippen LogP contribution in [0, 0.1) is 6.92 Å². The van der Waals surface area contributed by atoms with E-state index in [-0.39, 0.29) is 11.6 Å². The molecule has 0 atom stereocenters. The molecule has 0 saturated heterocycles. The number of aryl methyl sites for hydroxylation is 1. The van der Waals surface area contributed by atoms with Crippen molar-refractivity contribution in [2.45, 2.75) is 39.3 Å². The van der Waals surface area contributed by atoms with Crippen molar-refractivity contribution in [1.82, 2.24) is 0 Å². The van der Waals surface area contributed by atoms with Crippen LogP contribution in [0.2, 0.25) is 5.04 Å². The Morgan fingerprint density at radius 2 is 1.30 bits per heavy atom. The highest BCUT2D eigenvalue weighted by Gasteiger charge is 2.52. The summed E-state index contributed by atoms with van der Waals surface area (Å²) in [4.78, 5) is 0. The van der Waals surface area contributed by atoms with E-state index >= 15 is 0 Å². The first-order chi connectivity index (χ1) is 12.9. The Labute approximate surface area is 163 Å². The Hall–Kier alpha value is -2.36. The molecule has 3 aromatic rings. The lowest BCUT2D eigenvalue weighted by Gasteiger charge is -2.43. The zero-order valence-electron chi connectivity index (χ0n) is 16.6. The van der Waals surface area contributed by atoms with E-state index < -0.39 is 8.32 Å². The van der Waals surface area contributed by atoms with E-state index in [1.54, 1.807) is 0 Å². The largest absolute Gasteiger partial charge is 0.534 e. The van der Waals surface area contributed by atoms with Gasteiger partial charge in [0.2, 0.25) is 0 Å². The smallest absolute Gasteiger partial charge is 0.319 e. The van der Waals surface area contributed by atoms with Crippen LogP contribution in [0.5, 0.6) is 5.75 Å². The first kappa shape index (κ1) is 19.4. The maximum absolute atomic E-state index is 9.98. The molecule has 0 fully saturated rings. The van der Waals surface area contributed by atoms with Crippen LogP contribution in [-0.2, 0) is 6.61 Å². The fourth-order valence-electron chi connectivity index (χ4n) is 3.79. The maximum atomic E-state index is 9.98. The first-order valence-electron chi connectivity index (χ1n) is 9.39. The molecule has 140 valence electrons. The number of hydrogen-bond acceptors (Lipinski definition) is 2. The van der Waals surface area contributed by atoms with E-state index in [0.717, 1.165) is 16.9 Å². The van der Waals surface area contributed by atoms with Crippen molar-refractivity contribution in [3.63, 3.8) is 0 Å². The number of rotatable bonds is 5. The first-order valence-corrected chi connectivity index (χ1v) is 11.3. The van der Waals surface area contributed by atoms with Crippen LogP contribution in [-0.4, -0.2) is 13.4 Å². The monoisotopic (exact) mass is 376 g/mol. The second-order valence-corrected chi connectivity index (χ2v) is 12.2. The molecule has 0 bridgehead atoms. The molecule has 0 aliphatic heterocycles. The molecule has 0 saturated carbocycles. The second-order valence-electron chi connectivity index (χ2n) is 7.98. The van der Waals surface area contributed by atoms with Gasteiger partial charge in [-0.1, -0.05) is 93.6 Å². The van der Waals surface area contributed by atoms with Crippen molar-refractivity contribution in [3.8, 4) is 5.75 Å². The Balaban J connectivity index is 2.30. The van der Waals surface area contributed by atoms with Crippen molar-refractivity contribution < 1.29 is 9.53 Å². The highest BCUT2D eigenvalue weighted by atomic mass is 28.4. The fourth-order valence-corrected chi connectivity index (χ4v) is 8.24. The Bertz CT molecular complexity index is 844. The molecular weight excluding hydrogens is 348 g/mol. The number of hydrogen-bond donors (Lipinski definition) is 1. The fraction of sp³-hybridized carbons (Fsp3) is 0.250. The molecule has 1 N–H and O–H groups in total. The molecule has 0 amide bonds. The summed E-state index contributed by atoms with van der Waals surface area (Å²) < 4.78 is 7.02. The van der Waals surface area contributed by atoms with Crippen molar-refractivity contribution in [1.29, 1.82) is 0 Å². The van der Waals surface area contributed by atoms with Gasteiger partial charge in [-0.05, 0) is 34.0 Å². The van der Waals surface area contributed by atoms with Crippen molar-refractivity contribution in [2.24, 2.45) is 0 Å². The molecule has 3 rings (SSSR count). The minimum atomic E-state index is -2.67. The third kappa shape index (κ3) is 3.57. The van der Waals surface area contributed by atoms with Crippen molar-refractivity contribution >= 4 is 18.7 Å². The summed E-state index contributed by atoms with van der Waals surface area (Å²) in [7, 11) is -2.67. The van der Waals surface area contributed by atoms with Crippen LogP contribution in [0.25, 0.3) is 0 Å². The summed E-state index contributed by atoms with van der Waals surface area (Å²) in [5.74, 6) is 0.784. The van der Waals surface area contributed by atoms with Crippen LogP contribution in [0.15, 0.2) is 78.9 Å². The van der Waals surface area contributed by atoms with Crippen LogP contribution in [0.4, 0.5) is 0 Å². The highest BCUT2D eigenvalue weighted by molar-refractivity contribution is 7.00. The lowest BCUT2D eigenvalue weighted by molar-refractivity contribution is 0.277. The van der Waals surface area contributed by atoms with Crippen LogP contribution >= 0.6 is 0 Å². The highest BCUT2D eigenvalue weighted by Crippen LogP contribution is 2.38. The lowest BCUT2D eigenvalue weighted by Crippen LogP contribution is -2.68. The second kappa shape index (κ2) is 7.71. The molecule has 0 aliphatic rings. The van der Waals surface area contributed by atoms with Crippen LogP contribution in [0.1, 0.15) is 31.9 Å². The summed E-state index contributed by atoms with van der Waals surface area (Å²) in [5.41, 5.74) is 1.92. The Morgan fingerprint density at radius 1 is 0.778 bits per heavy atom. The molecule has 3 aromatic carbocycles. The summed E-state index contributed by atoms with van der Waals surface area (Å²) in [6.07, 6.45) is 0. The zero-order valence-corrected chi connectivity index (χ0v) is 17.6. The van der Waals surface area contributed by atoms with Crippen molar-refractivity contribution in [3.05, 3.63) is 90.0 Å². The van der Waals surface area contributed by atoms with Crippen LogP contribution < -0.4 is 14.8 Å². The predicted octanol–water partition coefficient (Wildman–Crippen LogP) is 4.43.